The van der Waals surface area contributed by atoms with Crippen LogP contribution < -0.4 is 31.2 Å². The molecule has 0 atom stereocenters. The molecule has 0 aliphatic rings. The van der Waals surface area contributed by atoms with Crippen LogP contribution in [0.1, 0.15) is 20.7 Å². The lowest BCUT2D eigenvalue weighted by Gasteiger charge is -2.10. The molecule has 44 heavy (non-hydrogen) atoms. The zero-order valence-electron chi connectivity index (χ0n) is 22.6. The van der Waals surface area contributed by atoms with Gasteiger partial charge in [-0.3, -0.25) is 40.9 Å². The van der Waals surface area contributed by atoms with Gasteiger partial charge in [-0.25, -0.2) is 0 Å². The lowest BCUT2D eigenvalue weighted by Crippen LogP contribution is -2.43. The standard InChI is InChI=1S/C15H12BrClN2O3.C15H12Cl2N2O3/c16-13-4-2-1-3-12(13)15(21)19-18-14(20)9-22-11-7-5-10(17)6-8-11;16-11-6-7-13(12(17)8-11)22-9-14(20)18-19-15(21)10-4-2-1-3-5-10/h2*1-8H,9H2,(H,18,20)(H,19,21). The van der Waals surface area contributed by atoms with Crippen LogP contribution in [0.3, 0.4) is 0 Å². The molecular weight excluding hydrogens is 699 g/mol. The average Bonchev–Trinajstić information content (AvgIpc) is 3.02. The highest BCUT2D eigenvalue weighted by molar-refractivity contribution is 9.10. The van der Waals surface area contributed by atoms with Crippen molar-refractivity contribution < 1.29 is 28.7 Å². The van der Waals surface area contributed by atoms with Crippen molar-refractivity contribution in [3.8, 4) is 11.5 Å². The maximum absolute atomic E-state index is 11.9. The molecule has 0 saturated carbocycles. The van der Waals surface area contributed by atoms with Gasteiger partial charge in [0.1, 0.15) is 11.5 Å². The van der Waals surface area contributed by atoms with Crippen LogP contribution in [0.2, 0.25) is 15.1 Å². The molecule has 0 radical (unpaired) electrons. The maximum Gasteiger partial charge on any atom is 0.276 e. The molecule has 4 aromatic rings. The fourth-order valence-electron chi connectivity index (χ4n) is 3.11. The van der Waals surface area contributed by atoms with E-state index >= 15 is 0 Å². The molecule has 4 rings (SSSR count). The molecule has 228 valence electrons. The number of carbonyl (C=O) groups is 4. The van der Waals surface area contributed by atoms with Gasteiger partial charge in [0.25, 0.3) is 23.6 Å². The van der Waals surface area contributed by atoms with Crippen LogP contribution in [0.4, 0.5) is 0 Å². The van der Waals surface area contributed by atoms with E-state index < -0.39 is 23.6 Å². The number of halogens is 4. The Bertz CT molecular complexity index is 1590. The number of ether oxygens (including phenoxy) is 2. The molecule has 0 aromatic heterocycles. The predicted octanol–water partition coefficient (Wildman–Crippen LogP) is 5.78. The summed E-state index contributed by atoms with van der Waals surface area (Å²) in [7, 11) is 0. The van der Waals surface area contributed by atoms with E-state index in [4.69, 9.17) is 44.3 Å². The number of hydrogen-bond donors (Lipinski definition) is 4. The number of benzene rings is 4. The number of rotatable bonds is 8. The van der Waals surface area contributed by atoms with Crippen molar-refractivity contribution in [2.45, 2.75) is 0 Å². The van der Waals surface area contributed by atoms with Crippen LogP contribution in [0, 0.1) is 0 Å². The molecular formula is C30H24BrCl3N4O6. The van der Waals surface area contributed by atoms with Gasteiger partial charge in [0.2, 0.25) is 0 Å². The zero-order valence-corrected chi connectivity index (χ0v) is 26.5. The van der Waals surface area contributed by atoms with E-state index in [1.165, 1.54) is 6.07 Å². The van der Waals surface area contributed by atoms with Crippen LogP contribution >= 0.6 is 50.7 Å². The number of carbonyl (C=O) groups excluding carboxylic acids is 4. The van der Waals surface area contributed by atoms with Crippen LogP contribution in [0.15, 0.2) is 102 Å². The van der Waals surface area contributed by atoms with Crippen molar-refractivity contribution >= 4 is 74.4 Å². The molecule has 4 aromatic carbocycles. The van der Waals surface area contributed by atoms with Gasteiger partial charge >= 0.3 is 0 Å². The SMILES string of the molecule is O=C(COc1ccc(Cl)cc1)NNC(=O)c1ccccc1Br.O=C(COc1ccc(Cl)cc1Cl)NNC(=O)c1ccccc1. The number of hydrazine groups is 2. The van der Waals surface area contributed by atoms with Crippen LogP contribution in [-0.4, -0.2) is 36.8 Å². The Kier molecular flexibility index (Phi) is 13.8. The van der Waals surface area contributed by atoms with Crippen molar-refractivity contribution in [2.24, 2.45) is 0 Å². The molecule has 0 unspecified atom stereocenters. The second-order valence-electron chi connectivity index (χ2n) is 8.46. The fourth-order valence-corrected chi connectivity index (χ4v) is 4.17. The molecule has 10 nitrogen and oxygen atoms in total. The van der Waals surface area contributed by atoms with E-state index in [1.807, 2.05) is 0 Å². The zero-order chi connectivity index (χ0) is 31.9. The number of nitrogens with one attached hydrogen (secondary N) is 4. The summed E-state index contributed by atoms with van der Waals surface area (Å²) in [5, 5.41) is 1.35. The van der Waals surface area contributed by atoms with E-state index in [1.54, 1.807) is 91.0 Å². The number of amides is 4. The molecule has 0 fully saturated rings. The summed E-state index contributed by atoms with van der Waals surface area (Å²) in [6.07, 6.45) is 0. The van der Waals surface area contributed by atoms with Gasteiger partial charge < -0.3 is 9.47 Å². The summed E-state index contributed by atoms with van der Waals surface area (Å²) < 4.78 is 11.1. The Labute approximate surface area is 276 Å². The normalized spacial score (nSPS) is 9.91. The monoisotopic (exact) mass is 720 g/mol. The first-order valence-electron chi connectivity index (χ1n) is 12.6. The van der Waals surface area contributed by atoms with Crippen LogP contribution in [0.25, 0.3) is 0 Å². The summed E-state index contributed by atoms with van der Waals surface area (Å²) in [4.78, 5) is 46.8. The van der Waals surface area contributed by atoms with Gasteiger partial charge in [0.05, 0.1) is 10.6 Å². The first-order chi connectivity index (χ1) is 21.1. The highest BCUT2D eigenvalue weighted by Gasteiger charge is 2.11. The third kappa shape index (κ3) is 11.8. The molecule has 0 saturated heterocycles. The minimum absolute atomic E-state index is 0.224. The minimum atomic E-state index is -0.518. The van der Waals surface area contributed by atoms with Crippen LogP contribution in [0.5, 0.6) is 11.5 Å². The van der Waals surface area contributed by atoms with E-state index in [0.717, 1.165) is 0 Å². The molecule has 14 heteroatoms. The number of hydrogen-bond acceptors (Lipinski definition) is 6. The van der Waals surface area contributed by atoms with Crippen molar-refractivity contribution in [1.82, 2.24) is 21.7 Å². The Morgan fingerprint density at radius 3 is 1.82 bits per heavy atom. The summed E-state index contributed by atoms with van der Waals surface area (Å²) in [5.41, 5.74) is 9.98. The average molecular weight is 723 g/mol. The summed E-state index contributed by atoms with van der Waals surface area (Å²) in [6, 6.07) is 26.7. The summed E-state index contributed by atoms with van der Waals surface area (Å²) in [6.45, 7) is -0.520. The van der Waals surface area contributed by atoms with Crippen molar-refractivity contribution in [3.63, 3.8) is 0 Å². The molecule has 0 aliphatic heterocycles. The topological polar surface area (TPSA) is 135 Å². The maximum atomic E-state index is 11.9. The van der Waals surface area contributed by atoms with Gasteiger partial charge in [-0.05, 0) is 82.7 Å². The van der Waals surface area contributed by atoms with E-state index in [-0.39, 0.29) is 13.2 Å². The quantitative estimate of drug-likeness (QED) is 0.171. The van der Waals surface area contributed by atoms with Crippen molar-refractivity contribution in [1.29, 1.82) is 0 Å². The van der Waals surface area contributed by atoms with E-state index in [9.17, 15) is 19.2 Å². The summed E-state index contributed by atoms with van der Waals surface area (Å²) >= 11 is 20.7. The molecule has 0 bridgehead atoms. The van der Waals surface area contributed by atoms with Gasteiger partial charge in [0, 0.05) is 20.1 Å². The molecule has 0 heterocycles. The predicted molar refractivity (Wildman–Crippen MR) is 171 cm³/mol. The van der Waals surface area contributed by atoms with Crippen molar-refractivity contribution in [3.05, 3.63) is 128 Å². The smallest absolute Gasteiger partial charge is 0.276 e. The van der Waals surface area contributed by atoms with Gasteiger partial charge in [-0.2, -0.15) is 0 Å². The van der Waals surface area contributed by atoms with Crippen LogP contribution in [-0.2, 0) is 9.59 Å². The first-order valence-corrected chi connectivity index (χ1v) is 14.5. The van der Waals surface area contributed by atoms with Crippen molar-refractivity contribution in [2.75, 3.05) is 13.2 Å². The lowest BCUT2D eigenvalue weighted by atomic mass is 10.2. The highest BCUT2D eigenvalue weighted by atomic mass is 79.9. The minimum Gasteiger partial charge on any atom is -0.484 e. The van der Waals surface area contributed by atoms with Gasteiger partial charge in [-0.1, -0.05) is 65.1 Å². The highest BCUT2D eigenvalue weighted by Crippen LogP contribution is 2.27. The Balaban J connectivity index is 0.000000240. The Morgan fingerprint density at radius 2 is 1.18 bits per heavy atom. The third-order valence-corrected chi connectivity index (χ3v) is 6.70. The fraction of sp³-hybridized carbons (Fsp3) is 0.0667. The van der Waals surface area contributed by atoms with E-state index in [2.05, 4.69) is 37.6 Å². The second kappa shape index (κ2) is 17.7. The Hall–Kier alpha value is -4.29. The first kappa shape index (κ1) is 34.2. The largest absolute Gasteiger partial charge is 0.484 e. The molecule has 4 N–H and O–H groups in total. The Morgan fingerprint density at radius 1 is 0.614 bits per heavy atom. The lowest BCUT2D eigenvalue weighted by molar-refractivity contribution is -0.124. The molecule has 0 aliphatic carbocycles. The summed E-state index contributed by atoms with van der Waals surface area (Å²) in [5.74, 6) is -0.997. The van der Waals surface area contributed by atoms with Gasteiger partial charge in [-0.15, -0.1) is 0 Å². The molecule has 4 amide bonds. The molecule has 0 spiro atoms. The van der Waals surface area contributed by atoms with Gasteiger partial charge in [0.15, 0.2) is 13.2 Å². The third-order valence-electron chi connectivity index (χ3n) is 5.22. The van der Waals surface area contributed by atoms with E-state index in [0.29, 0.717) is 42.2 Å². The second-order valence-corrected chi connectivity index (χ2v) is 10.6.